The lowest BCUT2D eigenvalue weighted by atomic mass is 10.2. The summed E-state index contributed by atoms with van der Waals surface area (Å²) in [6, 6.07) is 20.0. The van der Waals surface area contributed by atoms with E-state index < -0.39 is 6.09 Å². The number of rotatable bonds is 11. The molecule has 3 N–H and O–H groups in total. The predicted molar refractivity (Wildman–Crippen MR) is 135 cm³/mol. The zero-order valence-corrected chi connectivity index (χ0v) is 19.9. The molecule has 0 fully saturated rings. The van der Waals surface area contributed by atoms with Gasteiger partial charge in [-0.15, -0.1) is 0 Å². The number of hydrogen-bond acceptors (Lipinski definition) is 7. The zero-order chi connectivity index (χ0) is 25.8. The maximum Gasteiger partial charge on any atom is 0.411 e. The van der Waals surface area contributed by atoms with E-state index in [2.05, 4.69) is 16.0 Å². The second kappa shape index (κ2) is 13.4. The Morgan fingerprint density at radius 2 is 1.39 bits per heavy atom. The Bertz CT molecular complexity index is 1180. The Kier molecular flexibility index (Phi) is 9.66. The monoisotopic (exact) mass is 493 g/mol. The second-order valence-electron chi connectivity index (χ2n) is 7.38. The van der Waals surface area contributed by atoms with Crippen LogP contribution < -0.4 is 25.4 Å². The Hall–Kier alpha value is -4.57. The van der Waals surface area contributed by atoms with Crippen molar-refractivity contribution in [3.8, 4) is 11.5 Å². The largest absolute Gasteiger partial charge is 0.497 e. The van der Waals surface area contributed by atoms with Crippen LogP contribution in [-0.2, 0) is 14.3 Å². The minimum atomic E-state index is -0.622. The van der Waals surface area contributed by atoms with Crippen LogP contribution in [0.3, 0.4) is 0 Å². The number of methoxy groups -OCH3 is 2. The van der Waals surface area contributed by atoms with Crippen molar-refractivity contribution in [1.29, 1.82) is 0 Å². The lowest BCUT2D eigenvalue weighted by Crippen LogP contribution is -2.20. The highest BCUT2D eigenvalue weighted by Gasteiger charge is 2.10. The third kappa shape index (κ3) is 8.33. The van der Waals surface area contributed by atoms with Crippen LogP contribution in [0, 0.1) is 0 Å². The molecule has 3 rings (SSSR count). The number of benzene rings is 3. The maximum atomic E-state index is 12.6. The van der Waals surface area contributed by atoms with E-state index in [1.807, 2.05) is 0 Å². The van der Waals surface area contributed by atoms with Crippen LogP contribution in [0.5, 0.6) is 11.5 Å². The summed E-state index contributed by atoms with van der Waals surface area (Å²) in [6.45, 7) is 0.228. The number of ether oxygens (including phenoxy) is 4. The van der Waals surface area contributed by atoms with Gasteiger partial charge >= 0.3 is 6.09 Å². The first-order valence-corrected chi connectivity index (χ1v) is 11.0. The fourth-order valence-corrected chi connectivity index (χ4v) is 3.00. The van der Waals surface area contributed by atoms with E-state index in [1.54, 1.807) is 79.9 Å². The van der Waals surface area contributed by atoms with Gasteiger partial charge in [0.1, 0.15) is 18.1 Å². The van der Waals surface area contributed by atoms with Crippen molar-refractivity contribution in [3.63, 3.8) is 0 Å². The van der Waals surface area contributed by atoms with Gasteiger partial charge in [-0.1, -0.05) is 12.1 Å². The summed E-state index contributed by atoms with van der Waals surface area (Å²) in [5, 5.41) is 8.07. The molecule has 0 aliphatic carbocycles. The molecule has 0 atom stereocenters. The van der Waals surface area contributed by atoms with E-state index in [4.69, 9.17) is 18.9 Å². The Morgan fingerprint density at radius 1 is 0.722 bits per heavy atom. The minimum Gasteiger partial charge on any atom is -0.497 e. The lowest BCUT2D eigenvalue weighted by molar-refractivity contribution is -0.118. The highest BCUT2D eigenvalue weighted by atomic mass is 16.6. The van der Waals surface area contributed by atoms with E-state index in [-0.39, 0.29) is 25.0 Å². The topological polar surface area (TPSA) is 124 Å². The van der Waals surface area contributed by atoms with Crippen LogP contribution in [0.2, 0.25) is 0 Å². The summed E-state index contributed by atoms with van der Waals surface area (Å²) in [4.78, 5) is 36.5. The van der Waals surface area contributed by atoms with Gasteiger partial charge in [0.05, 0.1) is 13.7 Å². The van der Waals surface area contributed by atoms with Gasteiger partial charge in [-0.3, -0.25) is 14.9 Å². The fourth-order valence-electron chi connectivity index (χ4n) is 3.00. The number of carbonyl (C=O) groups excluding carboxylic acids is 3. The lowest BCUT2D eigenvalue weighted by Gasteiger charge is -2.10. The van der Waals surface area contributed by atoms with Gasteiger partial charge < -0.3 is 29.6 Å². The second-order valence-corrected chi connectivity index (χ2v) is 7.38. The molecule has 0 heterocycles. The average Bonchev–Trinajstić information content (AvgIpc) is 2.88. The normalized spacial score (nSPS) is 10.2. The SMILES string of the molecule is COCCOC(=O)Nc1cccc(NC(=O)c2ccc(OCC(=O)Nc3cccc(OC)c3)cc2)c1. The molecule has 0 spiro atoms. The van der Waals surface area contributed by atoms with Crippen molar-refractivity contribution in [3.05, 3.63) is 78.4 Å². The van der Waals surface area contributed by atoms with Crippen LogP contribution in [0.15, 0.2) is 72.8 Å². The zero-order valence-electron chi connectivity index (χ0n) is 19.9. The molecular weight excluding hydrogens is 466 g/mol. The van der Waals surface area contributed by atoms with E-state index in [1.165, 1.54) is 7.11 Å². The highest BCUT2D eigenvalue weighted by molar-refractivity contribution is 6.04. The number of anilines is 3. The van der Waals surface area contributed by atoms with Crippen LogP contribution in [0.25, 0.3) is 0 Å². The molecule has 0 saturated heterocycles. The predicted octanol–water partition coefficient (Wildman–Crippen LogP) is 4.16. The van der Waals surface area contributed by atoms with E-state index in [0.29, 0.717) is 40.7 Å². The van der Waals surface area contributed by atoms with Crippen molar-refractivity contribution < 1.29 is 33.3 Å². The van der Waals surface area contributed by atoms with Crippen molar-refractivity contribution in [2.24, 2.45) is 0 Å². The molecule has 3 aromatic rings. The van der Waals surface area contributed by atoms with Gasteiger partial charge in [0.15, 0.2) is 6.61 Å². The minimum absolute atomic E-state index is 0.130. The maximum absolute atomic E-state index is 12.6. The third-order valence-corrected chi connectivity index (χ3v) is 4.73. The van der Waals surface area contributed by atoms with Crippen molar-refractivity contribution in [1.82, 2.24) is 0 Å². The van der Waals surface area contributed by atoms with Crippen LogP contribution in [0.1, 0.15) is 10.4 Å². The Morgan fingerprint density at radius 3 is 2.08 bits per heavy atom. The Labute approximate surface area is 208 Å². The first-order chi connectivity index (χ1) is 17.5. The molecule has 10 heteroatoms. The standard InChI is InChI=1S/C26H27N3O7/c1-33-13-14-35-26(32)29-20-6-3-5-19(15-20)28-25(31)18-9-11-22(12-10-18)36-17-24(30)27-21-7-4-8-23(16-21)34-2/h3-12,15-16H,13-14,17H2,1-2H3,(H,27,30)(H,28,31)(H,29,32). The van der Waals surface area contributed by atoms with Crippen molar-refractivity contribution in [2.75, 3.05) is 50.0 Å². The molecule has 36 heavy (non-hydrogen) atoms. The quantitative estimate of drug-likeness (QED) is 0.343. The smallest absolute Gasteiger partial charge is 0.411 e. The van der Waals surface area contributed by atoms with Gasteiger partial charge in [0, 0.05) is 35.8 Å². The number of nitrogens with one attached hydrogen (secondary N) is 3. The van der Waals surface area contributed by atoms with Crippen LogP contribution >= 0.6 is 0 Å². The van der Waals surface area contributed by atoms with E-state index >= 15 is 0 Å². The van der Waals surface area contributed by atoms with Crippen molar-refractivity contribution >= 4 is 35.0 Å². The molecule has 0 saturated carbocycles. The summed E-state index contributed by atoms with van der Waals surface area (Å²) in [5.74, 6) is 0.384. The van der Waals surface area contributed by atoms with Gasteiger partial charge in [-0.25, -0.2) is 4.79 Å². The molecule has 10 nitrogen and oxygen atoms in total. The van der Waals surface area contributed by atoms with Gasteiger partial charge in [0.25, 0.3) is 11.8 Å². The molecule has 3 aromatic carbocycles. The summed E-state index contributed by atoms with van der Waals surface area (Å²) >= 11 is 0. The third-order valence-electron chi connectivity index (χ3n) is 4.73. The first kappa shape index (κ1) is 26.0. The van der Waals surface area contributed by atoms with Crippen LogP contribution in [-0.4, -0.2) is 51.9 Å². The van der Waals surface area contributed by atoms with Gasteiger partial charge in [-0.05, 0) is 54.6 Å². The summed E-state index contributed by atoms with van der Waals surface area (Å²) < 4.78 is 20.4. The molecule has 0 bridgehead atoms. The van der Waals surface area contributed by atoms with E-state index in [9.17, 15) is 14.4 Å². The number of hydrogen-bond donors (Lipinski definition) is 3. The molecule has 0 aromatic heterocycles. The summed E-state index contributed by atoms with van der Waals surface area (Å²) in [5.41, 5.74) is 1.94. The highest BCUT2D eigenvalue weighted by Crippen LogP contribution is 2.19. The van der Waals surface area contributed by atoms with E-state index in [0.717, 1.165) is 0 Å². The first-order valence-electron chi connectivity index (χ1n) is 11.0. The Balaban J connectivity index is 1.49. The average molecular weight is 494 g/mol. The van der Waals surface area contributed by atoms with Crippen molar-refractivity contribution in [2.45, 2.75) is 0 Å². The molecule has 0 aliphatic heterocycles. The molecule has 188 valence electrons. The van der Waals surface area contributed by atoms with Gasteiger partial charge in [-0.2, -0.15) is 0 Å². The van der Waals surface area contributed by atoms with Gasteiger partial charge in [0.2, 0.25) is 0 Å². The number of carbonyl (C=O) groups is 3. The number of amides is 3. The molecule has 0 unspecified atom stereocenters. The molecule has 0 aliphatic rings. The fraction of sp³-hybridized carbons (Fsp3) is 0.192. The van der Waals surface area contributed by atoms with Crippen LogP contribution in [0.4, 0.5) is 21.9 Å². The molecular formula is C26H27N3O7. The molecule has 0 radical (unpaired) electrons. The summed E-state index contributed by atoms with van der Waals surface area (Å²) in [6.07, 6.45) is -0.622. The molecule has 3 amide bonds. The summed E-state index contributed by atoms with van der Waals surface area (Å²) in [7, 11) is 3.06.